The molecule has 4 aromatic rings. The van der Waals surface area contributed by atoms with Crippen molar-refractivity contribution in [3.8, 4) is 17.2 Å². The minimum absolute atomic E-state index is 0.0159. The van der Waals surface area contributed by atoms with Gasteiger partial charge < -0.3 is 49.3 Å². The largest absolute Gasteiger partial charge is 0.507 e. The Bertz CT molecular complexity index is 2630. The predicted molar refractivity (Wildman–Crippen MR) is 246 cm³/mol. The molecule has 2 aliphatic heterocycles. The Morgan fingerprint density at radius 2 is 1.56 bits per heavy atom. The topological polar surface area (TPSA) is 203 Å². The number of amides is 1. The highest BCUT2D eigenvalue weighted by molar-refractivity contribution is 9.10. The van der Waals surface area contributed by atoms with Crippen molar-refractivity contribution in [1.82, 2.24) is 4.57 Å². The Hall–Kier alpha value is -5.48. The molecule has 6 rings (SSSR count). The summed E-state index contributed by atoms with van der Waals surface area (Å²) in [4.78, 5) is 55.3. The molecule has 0 radical (unpaired) electrons. The molecule has 64 heavy (non-hydrogen) atoms. The molecular formula is C49H57BrN2O12. The van der Waals surface area contributed by atoms with Gasteiger partial charge in [0.15, 0.2) is 11.5 Å². The van der Waals surface area contributed by atoms with Gasteiger partial charge in [-0.15, -0.1) is 0 Å². The summed E-state index contributed by atoms with van der Waals surface area (Å²) >= 11 is 3.48. The molecule has 3 aromatic carbocycles. The van der Waals surface area contributed by atoms with Gasteiger partial charge in [0.2, 0.25) is 0 Å². The summed E-state index contributed by atoms with van der Waals surface area (Å²) in [5, 5.41) is 50.3. The Morgan fingerprint density at radius 3 is 2.17 bits per heavy atom. The number of rotatable bonds is 5. The van der Waals surface area contributed by atoms with E-state index in [2.05, 4.69) is 21.2 Å². The highest BCUT2D eigenvalue weighted by atomic mass is 79.9. The molecule has 2 aliphatic rings. The van der Waals surface area contributed by atoms with Gasteiger partial charge in [0.25, 0.3) is 11.7 Å². The Balaban J connectivity index is 1.65. The van der Waals surface area contributed by atoms with Gasteiger partial charge in [-0.3, -0.25) is 19.2 Å². The number of phenolic OH excluding ortho intramolecular Hbond substituents is 2. The zero-order chi connectivity index (χ0) is 47.3. The minimum Gasteiger partial charge on any atom is -0.507 e. The van der Waals surface area contributed by atoms with Crippen LogP contribution in [0.1, 0.15) is 92.9 Å². The van der Waals surface area contributed by atoms with Gasteiger partial charge in [0.05, 0.1) is 46.7 Å². The van der Waals surface area contributed by atoms with E-state index in [1.54, 1.807) is 53.7 Å². The normalized spacial score (nSPS) is 27.8. The fraction of sp³-hybridized carbons (Fsp3) is 0.429. The third-order valence-corrected chi connectivity index (χ3v) is 13.4. The zero-order valence-corrected chi connectivity index (χ0v) is 39.5. The molecule has 0 spiro atoms. The number of nitrogens with one attached hydrogen (secondary N) is 1. The van der Waals surface area contributed by atoms with E-state index in [-0.39, 0.29) is 67.7 Å². The van der Waals surface area contributed by atoms with E-state index in [9.17, 15) is 39.6 Å². The number of aromatic nitrogens is 1. The quantitative estimate of drug-likeness (QED) is 0.0729. The number of Topliss-reactive ketones (excluding diaryl/α,β-unsaturated/α-hetero) is 2. The molecule has 0 saturated carbocycles. The van der Waals surface area contributed by atoms with Gasteiger partial charge in [-0.05, 0) is 51.5 Å². The molecule has 0 saturated heterocycles. The first kappa shape index (κ1) is 48.0. The summed E-state index contributed by atoms with van der Waals surface area (Å²) in [6.07, 6.45) is 3.66. The molecule has 5 N–H and O–H groups in total. The predicted octanol–water partition coefficient (Wildman–Crippen LogP) is 8.33. The van der Waals surface area contributed by atoms with Crippen LogP contribution in [0.3, 0.4) is 0 Å². The van der Waals surface area contributed by atoms with Crippen molar-refractivity contribution in [2.24, 2.45) is 23.7 Å². The third kappa shape index (κ3) is 8.58. The fourth-order valence-electron chi connectivity index (χ4n) is 9.12. The van der Waals surface area contributed by atoms with Crippen LogP contribution in [0.4, 0.5) is 5.69 Å². The number of anilines is 1. The summed E-state index contributed by atoms with van der Waals surface area (Å²) in [5.74, 6) is -7.88. The second-order valence-corrected chi connectivity index (χ2v) is 18.2. The SMILES string of the molecule is COC1/C=C/OC2(C)Oc3c(C)c(O)c4c(O)c(c5c(C(C)=O)c(C)n(Cc6ccc(Br)cc6)c5c4c3C2=O)NC(=O)C(C)=C/C=C\C(C)C(O)C(C)C(O)C(C)C(OC(C)=O)C1C. The molecule has 14 nitrogen and oxygen atoms in total. The molecular weight excluding hydrogens is 888 g/mol. The monoisotopic (exact) mass is 944 g/mol. The molecule has 0 aliphatic carbocycles. The average molecular weight is 946 g/mol. The zero-order valence-electron chi connectivity index (χ0n) is 37.9. The summed E-state index contributed by atoms with van der Waals surface area (Å²) in [6.45, 7) is 16.0. The first-order chi connectivity index (χ1) is 30.1. The van der Waals surface area contributed by atoms with Crippen LogP contribution in [0.25, 0.3) is 21.7 Å². The van der Waals surface area contributed by atoms with Gasteiger partial charge >= 0.3 is 11.8 Å². The summed E-state index contributed by atoms with van der Waals surface area (Å²) in [7, 11) is 1.45. The minimum atomic E-state index is -2.04. The number of hydrogen-bond donors (Lipinski definition) is 5. The lowest BCUT2D eigenvalue weighted by Crippen LogP contribution is -2.46. The lowest BCUT2D eigenvalue weighted by Gasteiger charge is -2.38. The van der Waals surface area contributed by atoms with Crippen molar-refractivity contribution in [1.29, 1.82) is 0 Å². The number of ether oxygens (including phenoxy) is 4. The number of esters is 1. The highest BCUT2D eigenvalue weighted by Gasteiger charge is 2.50. The fourth-order valence-corrected chi connectivity index (χ4v) is 9.39. The van der Waals surface area contributed by atoms with Crippen LogP contribution in [-0.4, -0.2) is 85.7 Å². The number of methoxy groups -OCH3 is 1. The number of carbonyl (C=O) groups is 4. The van der Waals surface area contributed by atoms with Crippen molar-refractivity contribution in [2.75, 3.05) is 12.4 Å². The first-order valence-corrected chi connectivity index (χ1v) is 22.0. The number of nitrogens with zero attached hydrogens (tertiary/aromatic N) is 1. The summed E-state index contributed by atoms with van der Waals surface area (Å²) in [5.41, 5.74) is 1.83. The van der Waals surface area contributed by atoms with Gasteiger partial charge in [0, 0.05) is 88.8 Å². The highest BCUT2D eigenvalue weighted by Crippen LogP contribution is 2.55. The number of hydrogen-bond acceptors (Lipinski definition) is 12. The first-order valence-electron chi connectivity index (χ1n) is 21.2. The number of ketones is 2. The van der Waals surface area contributed by atoms with Crippen LogP contribution in [0.15, 0.2) is 64.9 Å². The van der Waals surface area contributed by atoms with Crippen LogP contribution in [0.2, 0.25) is 0 Å². The van der Waals surface area contributed by atoms with E-state index in [0.29, 0.717) is 5.69 Å². The summed E-state index contributed by atoms with van der Waals surface area (Å²) in [6, 6.07) is 7.51. The molecule has 9 unspecified atom stereocenters. The Morgan fingerprint density at radius 1 is 0.906 bits per heavy atom. The number of allylic oxidation sites excluding steroid dienone is 2. The number of phenols is 2. The van der Waals surface area contributed by atoms with E-state index in [0.717, 1.165) is 10.0 Å². The molecule has 9 atom stereocenters. The lowest BCUT2D eigenvalue weighted by molar-refractivity contribution is -0.160. The molecule has 4 bridgehead atoms. The van der Waals surface area contributed by atoms with Crippen LogP contribution in [0.5, 0.6) is 17.2 Å². The molecule has 3 heterocycles. The van der Waals surface area contributed by atoms with E-state index < -0.39 is 83.0 Å². The van der Waals surface area contributed by atoms with Gasteiger partial charge in [-0.2, -0.15) is 0 Å². The average Bonchev–Trinajstić information content (AvgIpc) is 3.68. The van der Waals surface area contributed by atoms with E-state index in [1.165, 1.54) is 53.2 Å². The number of aliphatic hydroxyl groups excluding tert-OH is 2. The second-order valence-electron chi connectivity index (χ2n) is 17.3. The third-order valence-electron chi connectivity index (χ3n) is 12.9. The second kappa shape index (κ2) is 18.6. The Kier molecular flexibility index (Phi) is 13.9. The number of aromatic hydroxyl groups is 2. The number of fused-ring (bicyclic) bond motifs is 1. The molecule has 15 heteroatoms. The maximum Gasteiger partial charge on any atom is 0.312 e. The number of carbonyl (C=O) groups excluding carboxylic acids is 4. The standard InChI is InChI=1S/C49H57BrN2O12/c1-22-13-12-14-23(2)48(60)51-39-36-34(29(8)53)28(7)52(21-31-15-17-32(50)18-16-31)40(36)35-37(44(39)58)43(57)27(6)46-38(35)47(59)49(10,64-46)62-20-19-33(61-11)24(3)45(63-30(9)54)26(5)42(56)25(4)41(22)55/h12-20,22,24-26,33,41-42,45,55-58H,21H2,1-11H3,(H,51,60)/b13-12-,20-19+,23-14?. The van der Waals surface area contributed by atoms with Crippen LogP contribution >= 0.6 is 15.9 Å². The smallest absolute Gasteiger partial charge is 0.312 e. The number of aliphatic hydroxyl groups is 2. The molecule has 342 valence electrons. The van der Waals surface area contributed by atoms with Crippen LogP contribution in [-0.2, 0) is 30.3 Å². The van der Waals surface area contributed by atoms with Crippen molar-refractivity contribution in [3.05, 3.63) is 92.8 Å². The maximum atomic E-state index is 15.0. The molecule has 1 aromatic heterocycles. The Labute approximate surface area is 380 Å². The number of benzene rings is 3. The van der Waals surface area contributed by atoms with Gasteiger partial charge in [-0.25, -0.2) is 0 Å². The van der Waals surface area contributed by atoms with E-state index >= 15 is 0 Å². The number of halogens is 1. The van der Waals surface area contributed by atoms with Crippen molar-refractivity contribution < 1.29 is 58.6 Å². The van der Waals surface area contributed by atoms with Crippen molar-refractivity contribution in [2.45, 2.75) is 106 Å². The van der Waals surface area contributed by atoms with E-state index in [4.69, 9.17) is 18.9 Å². The molecule has 1 amide bonds. The van der Waals surface area contributed by atoms with Gasteiger partial charge in [-0.1, -0.05) is 74.0 Å². The lowest BCUT2D eigenvalue weighted by atomic mass is 9.78. The van der Waals surface area contributed by atoms with Crippen LogP contribution < -0.4 is 10.1 Å². The molecule has 0 fully saturated rings. The maximum absolute atomic E-state index is 15.0. The summed E-state index contributed by atoms with van der Waals surface area (Å²) < 4.78 is 26.8. The van der Waals surface area contributed by atoms with Crippen LogP contribution in [0, 0.1) is 37.5 Å². The van der Waals surface area contributed by atoms with Gasteiger partial charge in [0.1, 0.15) is 17.6 Å². The van der Waals surface area contributed by atoms with Crippen molar-refractivity contribution in [3.63, 3.8) is 0 Å². The van der Waals surface area contributed by atoms with Crippen molar-refractivity contribution >= 4 is 66.7 Å². The van der Waals surface area contributed by atoms with E-state index in [1.807, 2.05) is 28.8 Å².